The van der Waals surface area contributed by atoms with E-state index < -0.39 is 18.0 Å². The molecule has 1 atom stereocenters. The van der Waals surface area contributed by atoms with Crippen molar-refractivity contribution in [2.45, 2.75) is 19.0 Å². The summed E-state index contributed by atoms with van der Waals surface area (Å²) in [4.78, 5) is 38.4. The largest absolute Gasteiger partial charge is 0.444 e. The quantitative estimate of drug-likeness (QED) is 0.698. The highest BCUT2D eigenvalue weighted by Crippen LogP contribution is 2.17. The van der Waals surface area contributed by atoms with Gasteiger partial charge in [-0.15, -0.1) is 0 Å². The van der Waals surface area contributed by atoms with Crippen molar-refractivity contribution in [3.05, 3.63) is 42.3 Å². The number of carbonyl (C=O) groups excluding carboxylic acids is 3. The highest BCUT2D eigenvalue weighted by atomic mass is 16.3. The zero-order valence-corrected chi connectivity index (χ0v) is 12.0. The first-order valence-corrected chi connectivity index (χ1v) is 7.00. The first kappa shape index (κ1) is 14.8. The maximum absolute atomic E-state index is 11.8. The molecule has 1 aromatic heterocycles. The van der Waals surface area contributed by atoms with Crippen LogP contribution >= 0.6 is 0 Å². The maximum Gasteiger partial charge on any atom is 0.322 e. The molecule has 8 nitrogen and oxygen atoms in total. The predicted octanol–water partition coefficient (Wildman–Crippen LogP) is 0.556. The van der Waals surface area contributed by atoms with E-state index >= 15 is 0 Å². The number of oxazole rings is 1. The van der Waals surface area contributed by atoms with Crippen molar-refractivity contribution in [1.29, 1.82) is 0 Å². The topological polar surface area (TPSA) is 113 Å². The van der Waals surface area contributed by atoms with E-state index in [0.29, 0.717) is 11.6 Å². The van der Waals surface area contributed by atoms with Gasteiger partial charge in [0.25, 0.3) is 5.91 Å². The van der Waals surface area contributed by atoms with Gasteiger partial charge in [-0.05, 0) is 12.1 Å². The fraction of sp³-hybridized carbons (Fsp3) is 0.200. The standard InChI is InChI=1S/C15H14N4O4/c20-12(6-11-13(21)19-15(22)18-11)16-7-10-8-23-14(17-10)9-4-2-1-3-5-9/h1-5,8,11H,6-7H2,(H,16,20)(H2,18,19,21,22)/t11-/m1/s1. The Labute approximate surface area is 131 Å². The number of imide groups is 1. The van der Waals surface area contributed by atoms with Gasteiger partial charge in [0.15, 0.2) is 0 Å². The lowest BCUT2D eigenvalue weighted by molar-refractivity contribution is -0.126. The molecule has 0 aliphatic carbocycles. The maximum atomic E-state index is 11.8. The normalized spacial score (nSPS) is 16.8. The van der Waals surface area contributed by atoms with Gasteiger partial charge in [-0.2, -0.15) is 0 Å². The molecule has 118 valence electrons. The van der Waals surface area contributed by atoms with Crippen LogP contribution in [0.3, 0.4) is 0 Å². The Kier molecular flexibility index (Phi) is 4.05. The van der Waals surface area contributed by atoms with E-state index in [0.717, 1.165) is 5.56 Å². The number of hydrogen-bond acceptors (Lipinski definition) is 5. The van der Waals surface area contributed by atoms with Crippen molar-refractivity contribution in [1.82, 2.24) is 20.9 Å². The highest BCUT2D eigenvalue weighted by molar-refractivity contribution is 6.05. The second-order valence-electron chi connectivity index (χ2n) is 5.01. The molecule has 0 spiro atoms. The summed E-state index contributed by atoms with van der Waals surface area (Å²) in [5.74, 6) is -0.396. The average molecular weight is 314 g/mol. The Bertz CT molecular complexity index is 741. The summed E-state index contributed by atoms with van der Waals surface area (Å²) < 4.78 is 5.36. The van der Waals surface area contributed by atoms with E-state index in [4.69, 9.17) is 4.42 Å². The highest BCUT2D eigenvalue weighted by Gasteiger charge is 2.31. The summed E-state index contributed by atoms with van der Waals surface area (Å²) in [7, 11) is 0. The number of urea groups is 1. The summed E-state index contributed by atoms with van der Waals surface area (Å²) in [5.41, 5.74) is 1.41. The number of carbonyl (C=O) groups is 3. The molecular weight excluding hydrogens is 300 g/mol. The van der Waals surface area contributed by atoms with Gasteiger partial charge in [0.05, 0.1) is 18.7 Å². The molecule has 2 heterocycles. The van der Waals surface area contributed by atoms with Crippen LogP contribution in [-0.4, -0.2) is 28.9 Å². The van der Waals surface area contributed by atoms with E-state index in [1.165, 1.54) is 6.26 Å². The van der Waals surface area contributed by atoms with Gasteiger partial charge in [0, 0.05) is 5.56 Å². The van der Waals surface area contributed by atoms with Crippen molar-refractivity contribution < 1.29 is 18.8 Å². The number of aromatic nitrogens is 1. The zero-order valence-electron chi connectivity index (χ0n) is 12.0. The van der Waals surface area contributed by atoms with Crippen LogP contribution in [0.25, 0.3) is 11.5 Å². The van der Waals surface area contributed by atoms with Gasteiger partial charge in [-0.1, -0.05) is 18.2 Å². The molecule has 3 rings (SSSR count). The van der Waals surface area contributed by atoms with Crippen molar-refractivity contribution in [2.24, 2.45) is 0 Å². The van der Waals surface area contributed by atoms with Crippen LogP contribution in [-0.2, 0) is 16.1 Å². The minimum Gasteiger partial charge on any atom is -0.444 e. The van der Waals surface area contributed by atoms with E-state index in [-0.39, 0.29) is 18.9 Å². The Hall–Kier alpha value is -3.16. The van der Waals surface area contributed by atoms with Crippen LogP contribution in [0.15, 0.2) is 41.0 Å². The third-order valence-corrected chi connectivity index (χ3v) is 3.29. The molecule has 0 radical (unpaired) electrons. The van der Waals surface area contributed by atoms with Crippen molar-refractivity contribution >= 4 is 17.8 Å². The molecule has 1 aromatic carbocycles. The van der Waals surface area contributed by atoms with Gasteiger partial charge < -0.3 is 15.1 Å². The second-order valence-corrected chi connectivity index (χ2v) is 5.01. The smallest absolute Gasteiger partial charge is 0.322 e. The minimum atomic E-state index is -0.834. The predicted molar refractivity (Wildman–Crippen MR) is 78.9 cm³/mol. The molecule has 1 saturated heterocycles. The summed E-state index contributed by atoms with van der Waals surface area (Å²) in [6.45, 7) is 0.178. The van der Waals surface area contributed by atoms with Crippen molar-refractivity contribution in [3.8, 4) is 11.5 Å². The number of nitrogens with one attached hydrogen (secondary N) is 3. The molecule has 0 saturated carbocycles. The third kappa shape index (κ3) is 3.54. The SMILES string of the molecule is O=C(C[C@H]1NC(=O)NC1=O)NCc1coc(-c2ccccc2)n1. The number of rotatable bonds is 5. The molecule has 1 aliphatic rings. The lowest BCUT2D eigenvalue weighted by Crippen LogP contribution is -2.36. The molecule has 8 heteroatoms. The average Bonchev–Trinajstić information content (AvgIpc) is 3.13. The zero-order chi connectivity index (χ0) is 16.2. The Balaban J connectivity index is 1.53. The first-order valence-electron chi connectivity index (χ1n) is 7.00. The molecule has 4 amide bonds. The van der Waals surface area contributed by atoms with Crippen molar-refractivity contribution in [3.63, 3.8) is 0 Å². The summed E-state index contributed by atoms with van der Waals surface area (Å²) in [6, 6.07) is 7.97. The third-order valence-electron chi connectivity index (χ3n) is 3.29. The number of benzene rings is 1. The number of nitrogens with zero attached hydrogens (tertiary/aromatic N) is 1. The van der Waals surface area contributed by atoms with Crippen LogP contribution in [0.1, 0.15) is 12.1 Å². The van der Waals surface area contributed by atoms with E-state index in [1.54, 1.807) is 0 Å². The number of amides is 4. The van der Waals surface area contributed by atoms with E-state index in [9.17, 15) is 14.4 Å². The molecule has 23 heavy (non-hydrogen) atoms. The fourth-order valence-corrected chi connectivity index (χ4v) is 2.15. The lowest BCUT2D eigenvalue weighted by atomic mass is 10.2. The lowest BCUT2D eigenvalue weighted by Gasteiger charge is -2.06. The molecular formula is C15H14N4O4. The number of hydrogen-bond donors (Lipinski definition) is 3. The van der Waals surface area contributed by atoms with Gasteiger partial charge >= 0.3 is 6.03 Å². The van der Waals surface area contributed by atoms with Crippen LogP contribution < -0.4 is 16.0 Å². The minimum absolute atomic E-state index is 0.124. The van der Waals surface area contributed by atoms with Gasteiger partial charge in [-0.25, -0.2) is 9.78 Å². The Morgan fingerprint density at radius 3 is 2.74 bits per heavy atom. The molecule has 2 aromatic rings. The Morgan fingerprint density at radius 2 is 2.04 bits per heavy atom. The van der Waals surface area contributed by atoms with Crippen molar-refractivity contribution in [2.75, 3.05) is 0 Å². The summed E-state index contributed by atoms with van der Waals surface area (Å²) in [6.07, 6.45) is 1.34. The Morgan fingerprint density at radius 1 is 1.26 bits per heavy atom. The van der Waals surface area contributed by atoms with Crippen LogP contribution in [0.4, 0.5) is 4.79 Å². The summed E-state index contributed by atoms with van der Waals surface area (Å²) >= 11 is 0. The summed E-state index contributed by atoms with van der Waals surface area (Å²) in [5, 5.41) is 7.07. The van der Waals surface area contributed by atoms with Gasteiger partial charge in [-0.3, -0.25) is 14.9 Å². The van der Waals surface area contributed by atoms with Gasteiger partial charge in [0.1, 0.15) is 12.3 Å². The van der Waals surface area contributed by atoms with Crippen LogP contribution in [0.2, 0.25) is 0 Å². The monoisotopic (exact) mass is 314 g/mol. The molecule has 1 aliphatic heterocycles. The van der Waals surface area contributed by atoms with E-state index in [2.05, 4.69) is 20.9 Å². The van der Waals surface area contributed by atoms with E-state index in [1.807, 2.05) is 30.3 Å². The second kappa shape index (κ2) is 6.30. The van der Waals surface area contributed by atoms with Crippen LogP contribution in [0.5, 0.6) is 0 Å². The molecule has 0 unspecified atom stereocenters. The molecule has 0 bridgehead atoms. The molecule has 3 N–H and O–H groups in total. The first-order chi connectivity index (χ1) is 11.1. The molecule has 1 fully saturated rings. The van der Waals surface area contributed by atoms with Crippen LogP contribution in [0, 0.1) is 0 Å². The fourth-order valence-electron chi connectivity index (χ4n) is 2.15. The van der Waals surface area contributed by atoms with Gasteiger partial charge in [0.2, 0.25) is 11.8 Å².